The fourth-order valence-corrected chi connectivity index (χ4v) is 3.93. The van der Waals surface area contributed by atoms with Gasteiger partial charge in [-0.25, -0.2) is 4.79 Å². The Morgan fingerprint density at radius 1 is 0.815 bits per heavy atom. The van der Waals surface area contributed by atoms with E-state index < -0.39 is 17.2 Å². The number of hydrogen-bond donors (Lipinski definition) is 3. The van der Waals surface area contributed by atoms with Crippen molar-refractivity contribution in [2.75, 3.05) is 5.32 Å². The van der Waals surface area contributed by atoms with Crippen LogP contribution in [0.3, 0.4) is 0 Å². The van der Waals surface area contributed by atoms with Crippen molar-refractivity contribution < 1.29 is 0 Å². The van der Waals surface area contributed by atoms with E-state index in [-0.39, 0.29) is 5.02 Å². The maximum absolute atomic E-state index is 12.6. The summed E-state index contributed by atoms with van der Waals surface area (Å²) in [5.74, 6) is -0.307. The number of anilines is 1. The first-order valence-electron chi connectivity index (χ1n) is 8.00. The molecule has 5 nitrogen and oxygen atoms in total. The monoisotopic (exact) mass is 419 g/mol. The van der Waals surface area contributed by atoms with Crippen LogP contribution in [-0.4, -0.2) is 9.97 Å². The van der Waals surface area contributed by atoms with Gasteiger partial charge < -0.3 is 5.32 Å². The predicted molar refractivity (Wildman–Crippen MR) is 109 cm³/mol. The van der Waals surface area contributed by atoms with E-state index in [4.69, 9.17) is 34.8 Å². The van der Waals surface area contributed by atoms with E-state index in [0.29, 0.717) is 32.7 Å². The van der Waals surface area contributed by atoms with Crippen LogP contribution >= 0.6 is 34.8 Å². The molecule has 0 bridgehead atoms. The molecule has 0 saturated heterocycles. The van der Waals surface area contributed by atoms with Crippen molar-refractivity contribution in [3.05, 3.63) is 101 Å². The second-order valence-corrected chi connectivity index (χ2v) is 7.20. The first kappa shape index (κ1) is 17.9. The first-order chi connectivity index (χ1) is 13.0. The average Bonchev–Trinajstić information content (AvgIpc) is 2.65. The lowest BCUT2D eigenvalue weighted by molar-refractivity contribution is 0.915. The van der Waals surface area contributed by atoms with E-state index in [1.807, 2.05) is 36.4 Å². The number of allylic oxidation sites excluding steroid dienone is 1. The van der Waals surface area contributed by atoms with Gasteiger partial charge in [0, 0.05) is 22.2 Å². The van der Waals surface area contributed by atoms with Crippen molar-refractivity contribution in [1.29, 1.82) is 0 Å². The van der Waals surface area contributed by atoms with E-state index >= 15 is 0 Å². The standard InChI is InChI=1S/C19H12Cl3N3O2/c20-11-6-7-12(21)16(22)14(11)10-8-13(9-4-2-1-3-5-9)23-17-15(10)18(26)25-19(27)24-17/h1-8,10H,(H3,23,24,25,26,27). The van der Waals surface area contributed by atoms with E-state index in [1.54, 1.807) is 12.1 Å². The molecule has 8 heteroatoms. The smallest absolute Gasteiger partial charge is 0.327 e. The molecule has 2 heterocycles. The van der Waals surface area contributed by atoms with Crippen LogP contribution in [0.4, 0.5) is 5.82 Å². The minimum Gasteiger partial charge on any atom is -0.341 e. The Morgan fingerprint density at radius 2 is 1.52 bits per heavy atom. The molecule has 0 spiro atoms. The third-order valence-corrected chi connectivity index (χ3v) is 5.51. The minimum atomic E-state index is -0.609. The summed E-state index contributed by atoms with van der Waals surface area (Å²) in [6.45, 7) is 0. The number of benzene rings is 2. The predicted octanol–water partition coefficient (Wildman–Crippen LogP) is 4.62. The Hall–Kier alpha value is -2.47. The Bertz CT molecular complexity index is 1180. The van der Waals surface area contributed by atoms with Gasteiger partial charge in [-0.2, -0.15) is 0 Å². The number of rotatable bonds is 2. The van der Waals surface area contributed by atoms with Gasteiger partial charge in [-0.05, 0) is 23.8 Å². The molecule has 0 aliphatic carbocycles. The average molecular weight is 421 g/mol. The van der Waals surface area contributed by atoms with Gasteiger partial charge in [0.1, 0.15) is 5.82 Å². The van der Waals surface area contributed by atoms with Crippen molar-refractivity contribution in [3.8, 4) is 0 Å². The third kappa shape index (κ3) is 3.18. The van der Waals surface area contributed by atoms with E-state index in [0.717, 1.165) is 5.56 Å². The zero-order valence-corrected chi connectivity index (χ0v) is 15.9. The normalized spacial score (nSPS) is 15.7. The number of aromatic nitrogens is 2. The number of fused-ring (bicyclic) bond motifs is 1. The lowest BCUT2D eigenvalue weighted by atomic mass is 9.88. The van der Waals surface area contributed by atoms with Crippen molar-refractivity contribution in [3.63, 3.8) is 0 Å². The van der Waals surface area contributed by atoms with Crippen LogP contribution < -0.4 is 16.6 Å². The van der Waals surface area contributed by atoms with Crippen LogP contribution in [0.2, 0.25) is 15.1 Å². The SMILES string of the molecule is O=c1[nH]c2c(c(=O)[nH]1)C(c1c(Cl)ccc(Cl)c1Cl)C=C(c1ccccc1)N2. The second kappa shape index (κ2) is 6.93. The fraction of sp³-hybridized carbons (Fsp3) is 0.0526. The van der Waals surface area contributed by atoms with Gasteiger partial charge in [-0.15, -0.1) is 0 Å². The lowest BCUT2D eigenvalue weighted by Gasteiger charge is -2.26. The quantitative estimate of drug-likeness (QED) is 0.529. The highest BCUT2D eigenvalue weighted by Crippen LogP contribution is 2.43. The van der Waals surface area contributed by atoms with Crippen molar-refractivity contribution in [1.82, 2.24) is 9.97 Å². The fourth-order valence-electron chi connectivity index (χ4n) is 3.16. The molecule has 136 valence electrons. The maximum atomic E-state index is 12.6. The summed E-state index contributed by atoms with van der Waals surface area (Å²) in [6.07, 6.45) is 1.84. The van der Waals surface area contributed by atoms with Gasteiger partial charge in [0.15, 0.2) is 0 Å². The van der Waals surface area contributed by atoms with E-state index in [9.17, 15) is 9.59 Å². The van der Waals surface area contributed by atoms with Gasteiger partial charge in [-0.3, -0.25) is 14.8 Å². The zero-order chi connectivity index (χ0) is 19.1. The van der Waals surface area contributed by atoms with Gasteiger partial charge in [-0.1, -0.05) is 65.1 Å². The first-order valence-corrected chi connectivity index (χ1v) is 9.13. The highest BCUT2D eigenvalue weighted by molar-refractivity contribution is 6.44. The van der Waals surface area contributed by atoms with Crippen LogP contribution in [0.5, 0.6) is 0 Å². The van der Waals surface area contributed by atoms with Gasteiger partial charge >= 0.3 is 5.69 Å². The van der Waals surface area contributed by atoms with Crippen LogP contribution in [0, 0.1) is 0 Å². The molecule has 3 N–H and O–H groups in total. The Balaban J connectivity index is 2.02. The number of hydrogen-bond acceptors (Lipinski definition) is 3. The summed E-state index contributed by atoms with van der Waals surface area (Å²) < 4.78 is 0. The molecule has 0 fully saturated rings. The molecule has 4 rings (SSSR count). The minimum absolute atomic E-state index is 0.260. The summed E-state index contributed by atoms with van der Waals surface area (Å²) in [4.78, 5) is 29.2. The number of H-pyrrole nitrogens is 2. The van der Waals surface area contributed by atoms with Gasteiger partial charge in [0.05, 0.1) is 15.6 Å². The summed E-state index contributed by atoms with van der Waals surface area (Å²) in [5, 5.41) is 4.07. The third-order valence-electron chi connectivity index (χ3n) is 4.36. The number of nitrogens with one attached hydrogen (secondary N) is 3. The summed E-state index contributed by atoms with van der Waals surface area (Å²) in [5.41, 5.74) is 1.26. The lowest BCUT2D eigenvalue weighted by Crippen LogP contribution is -2.31. The largest absolute Gasteiger partial charge is 0.341 e. The van der Waals surface area contributed by atoms with E-state index in [1.165, 1.54) is 0 Å². The molecule has 2 aromatic carbocycles. The zero-order valence-electron chi connectivity index (χ0n) is 13.6. The van der Waals surface area contributed by atoms with Crippen LogP contribution in [0.15, 0.2) is 58.1 Å². The molecular weight excluding hydrogens is 409 g/mol. The molecule has 1 aliphatic rings. The highest BCUT2D eigenvalue weighted by atomic mass is 35.5. The van der Waals surface area contributed by atoms with Crippen molar-refractivity contribution in [2.24, 2.45) is 0 Å². The topological polar surface area (TPSA) is 77.8 Å². The van der Waals surface area contributed by atoms with Crippen LogP contribution in [0.1, 0.15) is 22.6 Å². The molecule has 1 atom stereocenters. The Labute approximate surface area is 168 Å². The highest BCUT2D eigenvalue weighted by Gasteiger charge is 2.30. The molecule has 3 aromatic rings. The van der Waals surface area contributed by atoms with Gasteiger partial charge in [0.25, 0.3) is 5.56 Å². The molecule has 0 radical (unpaired) electrons. The van der Waals surface area contributed by atoms with Crippen LogP contribution in [0.25, 0.3) is 5.70 Å². The molecular formula is C19H12Cl3N3O2. The van der Waals surface area contributed by atoms with Gasteiger partial charge in [0.2, 0.25) is 0 Å². The Morgan fingerprint density at radius 3 is 2.26 bits per heavy atom. The number of aromatic amines is 2. The molecule has 1 aliphatic heterocycles. The second-order valence-electron chi connectivity index (χ2n) is 6.00. The number of halogens is 3. The Kier molecular flexibility index (Phi) is 4.60. The summed E-state index contributed by atoms with van der Waals surface area (Å²) in [7, 11) is 0. The maximum Gasteiger partial charge on any atom is 0.327 e. The molecule has 0 saturated carbocycles. The molecule has 27 heavy (non-hydrogen) atoms. The van der Waals surface area contributed by atoms with E-state index in [2.05, 4.69) is 15.3 Å². The molecule has 1 aromatic heterocycles. The van der Waals surface area contributed by atoms with Crippen molar-refractivity contribution in [2.45, 2.75) is 5.92 Å². The summed E-state index contributed by atoms with van der Waals surface area (Å²) in [6, 6.07) is 12.7. The molecule has 1 unspecified atom stereocenters. The van der Waals surface area contributed by atoms with Crippen molar-refractivity contribution >= 4 is 46.3 Å². The summed E-state index contributed by atoms with van der Waals surface area (Å²) >= 11 is 19.0. The van der Waals surface area contributed by atoms with Crippen LogP contribution in [-0.2, 0) is 0 Å². The molecule has 0 amide bonds.